The standard InChI is InChI=1S/C15H23N3/c1-12(2)13-5-7-14(8-6-13)15(11-16)17-9-10-18(3)4/h5-8,12,15,17H,9-10H2,1-4H3. The van der Waals surface area contributed by atoms with Crippen LogP contribution in [-0.2, 0) is 0 Å². The van der Waals surface area contributed by atoms with Gasteiger partial charge in [0.15, 0.2) is 0 Å². The summed E-state index contributed by atoms with van der Waals surface area (Å²) in [7, 11) is 4.06. The summed E-state index contributed by atoms with van der Waals surface area (Å²) in [4.78, 5) is 2.10. The van der Waals surface area contributed by atoms with Gasteiger partial charge in [0, 0.05) is 13.1 Å². The number of hydrogen-bond acceptors (Lipinski definition) is 3. The summed E-state index contributed by atoms with van der Waals surface area (Å²) in [6, 6.07) is 10.4. The lowest BCUT2D eigenvalue weighted by molar-refractivity contribution is 0.395. The molecule has 0 bridgehead atoms. The first-order valence-electron chi connectivity index (χ1n) is 6.42. The molecule has 1 N–H and O–H groups in total. The molecular weight excluding hydrogens is 222 g/mol. The van der Waals surface area contributed by atoms with Crippen molar-refractivity contribution < 1.29 is 0 Å². The molecular formula is C15H23N3. The fourth-order valence-electron chi connectivity index (χ4n) is 1.74. The summed E-state index contributed by atoms with van der Waals surface area (Å²) in [5.74, 6) is 0.529. The minimum absolute atomic E-state index is 0.217. The number of rotatable bonds is 6. The second-order valence-corrected chi connectivity index (χ2v) is 5.14. The van der Waals surface area contributed by atoms with Gasteiger partial charge in [-0.05, 0) is 31.1 Å². The molecule has 0 aliphatic heterocycles. The Bertz CT molecular complexity index is 387. The summed E-state index contributed by atoms with van der Waals surface area (Å²) in [5, 5.41) is 12.5. The zero-order valence-electron chi connectivity index (χ0n) is 11.8. The fraction of sp³-hybridized carbons (Fsp3) is 0.533. The molecule has 1 unspecified atom stereocenters. The second-order valence-electron chi connectivity index (χ2n) is 5.14. The van der Waals surface area contributed by atoms with Gasteiger partial charge in [0.2, 0.25) is 0 Å². The molecule has 0 heterocycles. The van der Waals surface area contributed by atoms with Crippen LogP contribution >= 0.6 is 0 Å². The molecule has 0 aliphatic carbocycles. The van der Waals surface area contributed by atoms with Crippen LogP contribution in [0.3, 0.4) is 0 Å². The number of nitrogens with one attached hydrogen (secondary N) is 1. The van der Waals surface area contributed by atoms with Gasteiger partial charge < -0.3 is 4.90 Å². The van der Waals surface area contributed by atoms with E-state index >= 15 is 0 Å². The minimum atomic E-state index is -0.217. The van der Waals surface area contributed by atoms with Crippen molar-refractivity contribution in [3.63, 3.8) is 0 Å². The summed E-state index contributed by atoms with van der Waals surface area (Å²) < 4.78 is 0. The van der Waals surface area contributed by atoms with E-state index in [2.05, 4.69) is 42.3 Å². The van der Waals surface area contributed by atoms with Gasteiger partial charge in [0.05, 0.1) is 6.07 Å². The van der Waals surface area contributed by atoms with Gasteiger partial charge in [-0.1, -0.05) is 38.1 Å². The largest absolute Gasteiger partial charge is 0.308 e. The highest BCUT2D eigenvalue weighted by molar-refractivity contribution is 5.29. The minimum Gasteiger partial charge on any atom is -0.308 e. The number of nitrogens with zero attached hydrogens (tertiary/aromatic N) is 2. The molecule has 0 saturated carbocycles. The molecule has 98 valence electrons. The van der Waals surface area contributed by atoms with E-state index in [1.807, 2.05) is 26.2 Å². The Hall–Kier alpha value is -1.37. The average Bonchev–Trinajstić information content (AvgIpc) is 2.34. The molecule has 18 heavy (non-hydrogen) atoms. The lowest BCUT2D eigenvalue weighted by atomic mass is 9.99. The number of benzene rings is 1. The van der Waals surface area contributed by atoms with Gasteiger partial charge in [-0.3, -0.25) is 5.32 Å². The van der Waals surface area contributed by atoms with Crippen LogP contribution in [0.15, 0.2) is 24.3 Å². The van der Waals surface area contributed by atoms with Crippen LogP contribution in [0.4, 0.5) is 0 Å². The van der Waals surface area contributed by atoms with Crippen molar-refractivity contribution in [1.29, 1.82) is 5.26 Å². The Morgan fingerprint density at radius 1 is 1.17 bits per heavy atom. The Labute approximate surface area is 110 Å². The Kier molecular flexibility index (Phi) is 5.84. The smallest absolute Gasteiger partial charge is 0.121 e. The molecule has 0 radical (unpaired) electrons. The Morgan fingerprint density at radius 3 is 2.17 bits per heavy atom. The monoisotopic (exact) mass is 245 g/mol. The fourth-order valence-corrected chi connectivity index (χ4v) is 1.74. The molecule has 0 spiro atoms. The molecule has 0 amide bonds. The number of likely N-dealkylation sites (N-methyl/N-ethyl adjacent to an activating group) is 1. The maximum Gasteiger partial charge on any atom is 0.121 e. The Morgan fingerprint density at radius 2 is 1.72 bits per heavy atom. The molecule has 3 nitrogen and oxygen atoms in total. The first-order chi connectivity index (χ1) is 8.54. The molecule has 0 fully saturated rings. The van der Waals surface area contributed by atoms with Gasteiger partial charge in [-0.15, -0.1) is 0 Å². The molecule has 0 aliphatic rings. The van der Waals surface area contributed by atoms with Gasteiger partial charge >= 0.3 is 0 Å². The third kappa shape index (κ3) is 4.48. The van der Waals surface area contributed by atoms with Crippen LogP contribution in [0.5, 0.6) is 0 Å². The van der Waals surface area contributed by atoms with Gasteiger partial charge in [-0.25, -0.2) is 0 Å². The third-order valence-electron chi connectivity index (χ3n) is 2.97. The molecule has 3 heteroatoms. The van der Waals surface area contributed by atoms with E-state index in [0.717, 1.165) is 18.7 Å². The van der Waals surface area contributed by atoms with Gasteiger partial charge in [0.1, 0.15) is 6.04 Å². The normalized spacial score (nSPS) is 12.7. The van der Waals surface area contributed by atoms with E-state index in [9.17, 15) is 5.26 Å². The van der Waals surface area contributed by atoms with Crippen LogP contribution in [-0.4, -0.2) is 32.1 Å². The molecule has 1 aromatic rings. The second kappa shape index (κ2) is 7.15. The van der Waals surface area contributed by atoms with Crippen LogP contribution in [0.25, 0.3) is 0 Å². The SMILES string of the molecule is CC(C)c1ccc(C(C#N)NCCN(C)C)cc1. The molecule has 0 aromatic heterocycles. The van der Waals surface area contributed by atoms with E-state index in [0.29, 0.717) is 5.92 Å². The van der Waals surface area contributed by atoms with Gasteiger partial charge in [-0.2, -0.15) is 5.26 Å². The van der Waals surface area contributed by atoms with Crippen molar-refractivity contribution in [3.05, 3.63) is 35.4 Å². The average molecular weight is 245 g/mol. The summed E-state index contributed by atoms with van der Waals surface area (Å²) in [5.41, 5.74) is 2.35. The highest BCUT2D eigenvalue weighted by Gasteiger charge is 2.09. The van der Waals surface area contributed by atoms with E-state index in [-0.39, 0.29) is 6.04 Å². The van der Waals surface area contributed by atoms with Gasteiger partial charge in [0.25, 0.3) is 0 Å². The molecule has 0 saturated heterocycles. The molecule has 1 aromatic carbocycles. The predicted octanol–water partition coefficient (Wildman–Crippen LogP) is 2.53. The van der Waals surface area contributed by atoms with E-state index in [4.69, 9.17) is 0 Å². The van der Waals surface area contributed by atoms with Crippen molar-refractivity contribution in [1.82, 2.24) is 10.2 Å². The van der Waals surface area contributed by atoms with Crippen molar-refractivity contribution in [3.8, 4) is 6.07 Å². The summed E-state index contributed by atoms with van der Waals surface area (Å²) in [6.07, 6.45) is 0. The predicted molar refractivity (Wildman–Crippen MR) is 75.4 cm³/mol. The molecule has 1 atom stereocenters. The highest BCUT2D eigenvalue weighted by Crippen LogP contribution is 2.18. The van der Waals surface area contributed by atoms with Crippen molar-refractivity contribution in [2.24, 2.45) is 0 Å². The van der Waals surface area contributed by atoms with Crippen molar-refractivity contribution in [2.45, 2.75) is 25.8 Å². The quantitative estimate of drug-likeness (QED) is 0.837. The van der Waals surface area contributed by atoms with E-state index in [1.54, 1.807) is 0 Å². The zero-order chi connectivity index (χ0) is 13.5. The van der Waals surface area contributed by atoms with E-state index < -0.39 is 0 Å². The van der Waals surface area contributed by atoms with Crippen LogP contribution < -0.4 is 5.32 Å². The zero-order valence-corrected chi connectivity index (χ0v) is 11.8. The van der Waals surface area contributed by atoms with E-state index in [1.165, 1.54) is 5.56 Å². The van der Waals surface area contributed by atoms with Crippen LogP contribution in [0, 0.1) is 11.3 Å². The van der Waals surface area contributed by atoms with Crippen molar-refractivity contribution in [2.75, 3.05) is 27.2 Å². The third-order valence-corrected chi connectivity index (χ3v) is 2.97. The molecule has 1 rings (SSSR count). The summed E-state index contributed by atoms with van der Waals surface area (Å²) in [6.45, 7) is 6.09. The summed E-state index contributed by atoms with van der Waals surface area (Å²) >= 11 is 0. The van der Waals surface area contributed by atoms with Crippen molar-refractivity contribution >= 4 is 0 Å². The lowest BCUT2D eigenvalue weighted by Crippen LogP contribution is -2.29. The maximum atomic E-state index is 9.20. The number of hydrogen-bond donors (Lipinski definition) is 1. The van der Waals surface area contributed by atoms with Crippen LogP contribution in [0.1, 0.15) is 36.9 Å². The number of nitriles is 1. The Balaban J connectivity index is 2.62. The first-order valence-corrected chi connectivity index (χ1v) is 6.42. The topological polar surface area (TPSA) is 39.1 Å². The van der Waals surface area contributed by atoms with Crippen LogP contribution in [0.2, 0.25) is 0 Å². The maximum absolute atomic E-state index is 9.20. The lowest BCUT2D eigenvalue weighted by Gasteiger charge is -2.15. The first kappa shape index (κ1) is 14.7. The highest BCUT2D eigenvalue weighted by atomic mass is 15.1.